The van der Waals surface area contributed by atoms with E-state index < -0.39 is 0 Å². The summed E-state index contributed by atoms with van der Waals surface area (Å²) in [5, 5.41) is 0. The molecular weight excluding hydrogens is 258 g/mol. The number of hydrogen-bond donors (Lipinski definition) is 0. The second kappa shape index (κ2) is 4.35. The molecule has 76 valence electrons. The monoisotopic (exact) mass is 265 g/mol. The lowest BCUT2D eigenvalue weighted by molar-refractivity contribution is 0.730. The van der Waals surface area contributed by atoms with Crippen LogP contribution in [0.5, 0.6) is 0 Å². The molecule has 2 heterocycles. The Balaban J connectivity index is 2.33. The van der Waals surface area contributed by atoms with Crippen LogP contribution >= 0.6 is 15.9 Å². The van der Waals surface area contributed by atoms with Gasteiger partial charge in [0, 0.05) is 18.6 Å². The highest BCUT2D eigenvalue weighted by atomic mass is 79.9. The Bertz CT molecular complexity index is 510. The van der Waals surface area contributed by atoms with Crippen LogP contribution in [0.25, 0.3) is 0 Å². The van der Waals surface area contributed by atoms with Crippen molar-refractivity contribution in [1.29, 1.82) is 0 Å². The van der Waals surface area contributed by atoms with Gasteiger partial charge < -0.3 is 0 Å². The van der Waals surface area contributed by atoms with E-state index in [1.165, 1.54) is 12.5 Å². The normalized spacial score (nSPS) is 10.2. The molecule has 0 aliphatic rings. The van der Waals surface area contributed by atoms with Gasteiger partial charge in [-0.25, -0.2) is 4.98 Å². The molecule has 0 atom stereocenters. The minimum absolute atomic E-state index is 0.0817. The Labute approximate surface area is 94.8 Å². The average Bonchev–Trinajstić information content (AvgIpc) is 2.26. The molecule has 2 aromatic heterocycles. The number of rotatable bonds is 2. The second-order valence-electron chi connectivity index (χ2n) is 3.03. The molecule has 15 heavy (non-hydrogen) atoms. The van der Waals surface area contributed by atoms with Gasteiger partial charge in [0.1, 0.15) is 4.47 Å². The molecule has 0 amide bonds. The summed E-state index contributed by atoms with van der Waals surface area (Å²) in [6, 6.07) is 3.74. The highest BCUT2D eigenvalue weighted by Gasteiger charge is 2.01. The van der Waals surface area contributed by atoms with Gasteiger partial charge in [-0.3, -0.25) is 14.3 Å². The first-order valence-corrected chi connectivity index (χ1v) is 5.15. The number of pyridine rings is 1. The lowest BCUT2D eigenvalue weighted by Crippen LogP contribution is -2.21. The van der Waals surface area contributed by atoms with Crippen molar-refractivity contribution < 1.29 is 0 Å². The number of aromatic nitrogens is 3. The Morgan fingerprint density at radius 3 is 2.73 bits per heavy atom. The highest BCUT2D eigenvalue weighted by molar-refractivity contribution is 9.10. The maximum Gasteiger partial charge on any atom is 0.267 e. The van der Waals surface area contributed by atoms with Crippen LogP contribution in [0, 0.1) is 0 Å². The summed E-state index contributed by atoms with van der Waals surface area (Å²) in [5.74, 6) is 0. The van der Waals surface area contributed by atoms with Crippen molar-refractivity contribution in [2.75, 3.05) is 0 Å². The zero-order valence-corrected chi connectivity index (χ0v) is 9.39. The molecule has 0 fully saturated rings. The Kier molecular flexibility index (Phi) is 2.91. The summed E-state index contributed by atoms with van der Waals surface area (Å²) < 4.78 is 2.01. The van der Waals surface area contributed by atoms with Gasteiger partial charge in [0.15, 0.2) is 0 Å². The van der Waals surface area contributed by atoms with Crippen LogP contribution in [0.1, 0.15) is 5.56 Å². The molecule has 0 aliphatic heterocycles. The average molecular weight is 266 g/mol. The van der Waals surface area contributed by atoms with Gasteiger partial charge >= 0.3 is 0 Å². The van der Waals surface area contributed by atoms with E-state index in [1.54, 1.807) is 17.0 Å². The minimum Gasteiger partial charge on any atom is -0.294 e. The molecule has 2 aromatic rings. The van der Waals surface area contributed by atoms with Crippen LogP contribution in [0.15, 0.2) is 46.3 Å². The Morgan fingerprint density at radius 1 is 1.27 bits per heavy atom. The van der Waals surface area contributed by atoms with Gasteiger partial charge in [-0.1, -0.05) is 0 Å². The first-order chi connectivity index (χ1) is 7.27. The predicted octanol–water partition coefficient (Wildman–Crippen LogP) is 1.45. The fraction of sp³-hybridized carbons (Fsp3) is 0.100. The van der Waals surface area contributed by atoms with E-state index in [0.717, 1.165) is 5.56 Å². The third-order valence-corrected chi connectivity index (χ3v) is 2.51. The molecule has 0 unspecified atom stereocenters. The fourth-order valence-corrected chi connectivity index (χ4v) is 1.57. The van der Waals surface area contributed by atoms with Crippen molar-refractivity contribution in [3.8, 4) is 0 Å². The fourth-order valence-electron chi connectivity index (χ4n) is 1.22. The lowest BCUT2D eigenvalue weighted by Gasteiger charge is -2.04. The van der Waals surface area contributed by atoms with Crippen LogP contribution in [-0.4, -0.2) is 14.5 Å². The molecule has 0 aliphatic carbocycles. The zero-order valence-electron chi connectivity index (χ0n) is 7.80. The van der Waals surface area contributed by atoms with E-state index in [0.29, 0.717) is 11.0 Å². The molecule has 2 rings (SSSR count). The van der Waals surface area contributed by atoms with Crippen LogP contribution in [0.3, 0.4) is 0 Å². The smallest absolute Gasteiger partial charge is 0.267 e. The molecule has 0 aromatic carbocycles. The SMILES string of the molecule is O=c1c(Br)cncn1Cc1ccncc1. The first-order valence-electron chi connectivity index (χ1n) is 4.36. The number of halogens is 1. The van der Waals surface area contributed by atoms with Gasteiger partial charge in [-0.05, 0) is 33.6 Å². The summed E-state index contributed by atoms with van der Waals surface area (Å²) in [6.07, 6.45) is 6.41. The van der Waals surface area contributed by atoms with Crippen molar-refractivity contribution in [1.82, 2.24) is 14.5 Å². The maximum absolute atomic E-state index is 11.6. The summed E-state index contributed by atoms with van der Waals surface area (Å²) in [4.78, 5) is 19.5. The molecule has 0 bridgehead atoms. The van der Waals surface area contributed by atoms with Gasteiger partial charge in [0.2, 0.25) is 0 Å². The van der Waals surface area contributed by atoms with Crippen LogP contribution in [0.4, 0.5) is 0 Å². The largest absolute Gasteiger partial charge is 0.294 e. The van der Waals surface area contributed by atoms with E-state index in [4.69, 9.17) is 0 Å². The topological polar surface area (TPSA) is 47.8 Å². The van der Waals surface area contributed by atoms with Gasteiger partial charge in [-0.2, -0.15) is 0 Å². The molecule has 0 spiro atoms. The minimum atomic E-state index is -0.0817. The summed E-state index contributed by atoms with van der Waals surface area (Å²) in [6.45, 7) is 0.508. The third-order valence-electron chi connectivity index (χ3n) is 1.96. The van der Waals surface area contributed by atoms with Crippen molar-refractivity contribution in [3.63, 3.8) is 0 Å². The van der Waals surface area contributed by atoms with E-state index in [9.17, 15) is 4.79 Å². The quantitative estimate of drug-likeness (QED) is 0.826. The summed E-state index contributed by atoms with van der Waals surface area (Å²) in [7, 11) is 0. The molecule has 0 saturated heterocycles. The zero-order chi connectivity index (χ0) is 10.7. The van der Waals surface area contributed by atoms with Crippen molar-refractivity contribution >= 4 is 15.9 Å². The van der Waals surface area contributed by atoms with E-state index >= 15 is 0 Å². The summed E-state index contributed by atoms with van der Waals surface area (Å²) in [5.41, 5.74) is 0.939. The standard InChI is InChI=1S/C10H8BrN3O/c11-9-5-13-7-14(10(9)15)6-8-1-3-12-4-2-8/h1-5,7H,6H2. The predicted molar refractivity (Wildman–Crippen MR) is 59.5 cm³/mol. The Hall–Kier alpha value is -1.49. The lowest BCUT2D eigenvalue weighted by atomic mass is 10.3. The third kappa shape index (κ3) is 2.30. The van der Waals surface area contributed by atoms with Gasteiger partial charge in [-0.15, -0.1) is 0 Å². The van der Waals surface area contributed by atoms with Gasteiger partial charge in [0.25, 0.3) is 5.56 Å². The highest BCUT2D eigenvalue weighted by Crippen LogP contribution is 2.01. The van der Waals surface area contributed by atoms with Crippen LogP contribution < -0.4 is 5.56 Å². The van der Waals surface area contributed by atoms with Gasteiger partial charge in [0.05, 0.1) is 12.9 Å². The number of hydrogen-bond acceptors (Lipinski definition) is 3. The molecule has 5 heteroatoms. The van der Waals surface area contributed by atoms with E-state index in [2.05, 4.69) is 25.9 Å². The number of nitrogens with zero attached hydrogens (tertiary/aromatic N) is 3. The van der Waals surface area contributed by atoms with E-state index in [1.807, 2.05) is 12.1 Å². The second-order valence-corrected chi connectivity index (χ2v) is 3.88. The summed E-state index contributed by atoms with van der Waals surface area (Å²) >= 11 is 3.15. The molecule has 0 radical (unpaired) electrons. The molecule has 0 saturated carbocycles. The van der Waals surface area contributed by atoms with Crippen LogP contribution in [0.2, 0.25) is 0 Å². The van der Waals surface area contributed by atoms with E-state index in [-0.39, 0.29) is 5.56 Å². The van der Waals surface area contributed by atoms with Crippen molar-refractivity contribution in [3.05, 3.63) is 57.4 Å². The molecule has 0 N–H and O–H groups in total. The maximum atomic E-state index is 11.6. The first kappa shape index (κ1) is 10.0. The molecular formula is C10H8BrN3O. The Morgan fingerprint density at radius 2 is 2.00 bits per heavy atom. The van der Waals surface area contributed by atoms with Crippen molar-refractivity contribution in [2.24, 2.45) is 0 Å². The van der Waals surface area contributed by atoms with Crippen molar-refractivity contribution in [2.45, 2.75) is 6.54 Å². The molecule has 4 nitrogen and oxygen atoms in total. The van der Waals surface area contributed by atoms with Crippen LogP contribution in [-0.2, 0) is 6.54 Å².